The summed E-state index contributed by atoms with van der Waals surface area (Å²) in [4.78, 5) is 9.71. The third-order valence-electron chi connectivity index (χ3n) is 10.9. The molecule has 0 radical (unpaired) electrons. The van der Waals surface area contributed by atoms with Gasteiger partial charge in [0.2, 0.25) is 0 Å². The Kier molecular flexibility index (Phi) is 7.83. The van der Waals surface area contributed by atoms with Crippen LogP contribution in [-0.4, -0.2) is 16.2 Å². The fourth-order valence-corrected chi connectivity index (χ4v) is 9.38. The third-order valence-corrected chi connectivity index (χ3v) is 12.0. The quantitative estimate of drug-likeness (QED) is 0.136. The van der Waals surface area contributed by atoms with E-state index in [0.29, 0.717) is 18.2 Å². The Bertz CT molecular complexity index is 3340. The van der Waals surface area contributed by atoms with Crippen molar-refractivity contribution in [2.75, 3.05) is 0 Å². The molecule has 0 aliphatic heterocycles. The summed E-state index contributed by atoms with van der Waals surface area (Å²) < 4.78 is 11.4. The van der Waals surface area contributed by atoms with E-state index in [-0.39, 0.29) is 0 Å². The molecule has 5 nitrogen and oxygen atoms in total. The largest absolute Gasteiger partial charge is 0.456 e. The van der Waals surface area contributed by atoms with Gasteiger partial charge in [0.15, 0.2) is 5.84 Å². The minimum absolute atomic E-state index is 0.428. The molecule has 3 aromatic heterocycles. The highest BCUT2D eigenvalue weighted by molar-refractivity contribution is 7.26. The van der Waals surface area contributed by atoms with E-state index in [1.165, 1.54) is 53.2 Å². The maximum absolute atomic E-state index is 6.45. The summed E-state index contributed by atoms with van der Waals surface area (Å²) in [6.45, 7) is 0.430. The summed E-state index contributed by atoms with van der Waals surface area (Å²) >= 11 is 1.85. The van der Waals surface area contributed by atoms with E-state index < -0.39 is 0 Å². The molecule has 57 heavy (non-hydrogen) atoms. The highest BCUT2D eigenvalue weighted by Gasteiger charge is 2.17. The van der Waals surface area contributed by atoms with Gasteiger partial charge in [0.25, 0.3) is 0 Å². The molecule has 6 heteroatoms. The number of aromatic nitrogens is 1. The fraction of sp³-hybridized carbons (Fsp3) is 0.0196. The van der Waals surface area contributed by atoms with Crippen LogP contribution in [0.1, 0.15) is 16.7 Å². The summed E-state index contributed by atoms with van der Waals surface area (Å²) in [5, 5.41) is 7.25. The van der Waals surface area contributed by atoms with E-state index in [0.717, 1.165) is 44.2 Å². The molecule has 0 bridgehead atoms. The van der Waals surface area contributed by atoms with Crippen LogP contribution < -0.4 is 5.73 Å². The number of thiophene rings is 1. The first-order valence-electron chi connectivity index (χ1n) is 19.1. The van der Waals surface area contributed by atoms with Gasteiger partial charge in [0, 0.05) is 58.5 Å². The van der Waals surface area contributed by atoms with Crippen molar-refractivity contribution in [1.29, 1.82) is 0 Å². The predicted molar refractivity (Wildman–Crippen MR) is 240 cm³/mol. The van der Waals surface area contributed by atoms with Gasteiger partial charge in [-0.15, -0.1) is 11.3 Å². The molecule has 0 fully saturated rings. The number of amidine groups is 2. The smallest absolute Gasteiger partial charge is 0.157 e. The minimum Gasteiger partial charge on any atom is -0.456 e. The number of hydrogen-bond donors (Lipinski definition) is 1. The van der Waals surface area contributed by atoms with E-state index in [4.69, 9.17) is 20.1 Å². The van der Waals surface area contributed by atoms with Crippen LogP contribution in [0.5, 0.6) is 0 Å². The van der Waals surface area contributed by atoms with Gasteiger partial charge in [-0.25, -0.2) is 4.99 Å². The standard InChI is InChI=1S/C51H34N4OS/c52-50(33-12-3-1-4-13-33)54-51(34-14-5-2-6-15-34)53-31-32-22-25-40-42-29-35(23-27-45(42)56-46(40)28-32)37-18-11-21-47-49(37)41-26-24-36(30-48(41)57-47)55-43-19-9-7-16-38(43)39-17-8-10-20-44(39)55/h1-30H,31H2,(H2,52,53,54). The van der Waals surface area contributed by atoms with E-state index in [1.54, 1.807) is 0 Å². The maximum atomic E-state index is 6.45. The lowest BCUT2D eigenvalue weighted by atomic mass is 9.97. The van der Waals surface area contributed by atoms with Crippen molar-refractivity contribution in [1.82, 2.24) is 4.57 Å². The molecule has 0 saturated heterocycles. The monoisotopic (exact) mass is 750 g/mol. The maximum Gasteiger partial charge on any atom is 0.157 e. The lowest BCUT2D eigenvalue weighted by Gasteiger charge is -2.09. The topological polar surface area (TPSA) is 68.8 Å². The van der Waals surface area contributed by atoms with Crippen LogP contribution in [0, 0.1) is 0 Å². The van der Waals surface area contributed by atoms with Crippen molar-refractivity contribution in [3.8, 4) is 16.8 Å². The van der Waals surface area contributed by atoms with Gasteiger partial charge in [0.1, 0.15) is 17.0 Å². The highest BCUT2D eigenvalue weighted by atomic mass is 32.1. The Morgan fingerprint density at radius 2 is 1.25 bits per heavy atom. The van der Waals surface area contributed by atoms with Crippen LogP contribution >= 0.6 is 11.3 Å². The molecule has 270 valence electrons. The SMILES string of the molecule is N/C(=N\C(=N/Cc1ccc2c(c1)oc1ccc(-c3cccc4sc5cc(-n6c7ccccc7c7ccccc76)ccc5c34)cc12)c1ccccc1)c1ccccc1. The molecule has 0 unspecified atom stereocenters. The number of nitrogens with two attached hydrogens (primary N) is 1. The molecule has 11 rings (SSSR count). The van der Waals surface area contributed by atoms with Crippen LogP contribution in [0.3, 0.4) is 0 Å². The first kappa shape index (κ1) is 33.1. The summed E-state index contributed by atoms with van der Waals surface area (Å²) in [5.41, 5.74) is 16.9. The van der Waals surface area contributed by atoms with Gasteiger partial charge in [0.05, 0.1) is 17.6 Å². The molecule has 11 aromatic rings. The molecule has 0 aliphatic rings. The Morgan fingerprint density at radius 1 is 0.544 bits per heavy atom. The number of aliphatic imine (C=N–C) groups is 2. The molecule has 0 amide bonds. The molecule has 0 atom stereocenters. The average Bonchev–Trinajstić information content (AvgIpc) is 3.94. The third kappa shape index (κ3) is 5.69. The average molecular weight is 751 g/mol. The number of para-hydroxylation sites is 2. The lowest BCUT2D eigenvalue weighted by Crippen LogP contribution is -2.16. The van der Waals surface area contributed by atoms with Crippen molar-refractivity contribution < 1.29 is 4.42 Å². The lowest BCUT2D eigenvalue weighted by molar-refractivity contribution is 0.668. The molecule has 8 aromatic carbocycles. The Balaban J connectivity index is 0.955. The van der Waals surface area contributed by atoms with Gasteiger partial charge < -0.3 is 14.7 Å². The molecular weight excluding hydrogens is 717 g/mol. The molecule has 0 aliphatic carbocycles. The predicted octanol–water partition coefficient (Wildman–Crippen LogP) is 13.1. The zero-order valence-corrected chi connectivity index (χ0v) is 31.6. The Hall–Kier alpha value is -7.28. The second kappa shape index (κ2) is 13.5. The van der Waals surface area contributed by atoms with E-state index in [1.807, 2.05) is 72.0 Å². The van der Waals surface area contributed by atoms with Gasteiger partial charge in [-0.2, -0.15) is 0 Å². The molecule has 3 heterocycles. The number of rotatable bonds is 6. The molecule has 0 spiro atoms. The van der Waals surface area contributed by atoms with Crippen molar-refractivity contribution in [2.24, 2.45) is 15.7 Å². The van der Waals surface area contributed by atoms with E-state index in [9.17, 15) is 0 Å². The van der Waals surface area contributed by atoms with Crippen LogP contribution in [0.2, 0.25) is 0 Å². The van der Waals surface area contributed by atoms with Crippen LogP contribution in [-0.2, 0) is 6.54 Å². The number of fused-ring (bicyclic) bond motifs is 9. The summed E-state index contributed by atoms with van der Waals surface area (Å²) in [6.07, 6.45) is 0. The first-order valence-corrected chi connectivity index (χ1v) is 19.9. The second-order valence-corrected chi connectivity index (χ2v) is 15.4. The fourth-order valence-electron chi connectivity index (χ4n) is 8.21. The van der Waals surface area contributed by atoms with Gasteiger partial charge >= 0.3 is 0 Å². The van der Waals surface area contributed by atoms with Crippen molar-refractivity contribution in [3.63, 3.8) is 0 Å². The number of hydrogen-bond acceptors (Lipinski definition) is 3. The van der Waals surface area contributed by atoms with E-state index >= 15 is 0 Å². The molecule has 0 saturated carbocycles. The van der Waals surface area contributed by atoms with Gasteiger partial charge in [-0.3, -0.25) is 4.99 Å². The van der Waals surface area contributed by atoms with Crippen molar-refractivity contribution >= 4 is 86.9 Å². The van der Waals surface area contributed by atoms with Gasteiger partial charge in [-0.1, -0.05) is 133 Å². The zero-order chi connectivity index (χ0) is 37.9. The summed E-state index contributed by atoms with van der Waals surface area (Å²) in [5.74, 6) is 1.02. The summed E-state index contributed by atoms with van der Waals surface area (Å²) in [7, 11) is 0. The normalized spacial score (nSPS) is 12.6. The Labute approximate surface area is 332 Å². The number of nitrogens with zero attached hydrogens (tertiary/aromatic N) is 3. The second-order valence-electron chi connectivity index (χ2n) is 14.3. The molecule has 2 N–H and O–H groups in total. The van der Waals surface area contributed by atoms with Gasteiger partial charge in [-0.05, 0) is 65.2 Å². The van der Waals surface area contributed by atoms with Crippen molar-refractivity contribution in [2.45, 2.75) is 6.54 Å². The van der Waals surface area contributed by atoms with Crippen molar-refractivity contribution in [3.05, 3.63) is 199 Å². The Morgan fingerprint density at radius 3 is 2.02 bits per heavy atom. The number of benzene rings is 8. The molecular formula is C51H34N4OS. The van der Waals surface area contributed by atoms with Crippen LogP contribution in [0.4, 0.5) is 0 Å². The first-order chi connectivity index (χ1) is 28.2. The minimum atomic E-state index is 0.428. The summed E-state index contributed by atoms with van der Waals surface area (Å²) in [6, 6.07) is 63.6. The zero-order valence-electron chi connectivity index (χ0n) is 30.8. The number of furan rings is 1. The highest BCUT2D eigenvalue weighted by Crippen LogP contribution is 2.43. The van der Waals surface area contributed by atoms with Crippen LogP contribution in [0.25, 0.3) is 80.7 Å². The van der Waals surface area contributed by atoms with Crippen LogP contribution in [0.15, 0.2) is 196 Å². The van der Waals surface area contributed by atoms with E-state index in [2.05, 4.69) is 126 Å².